The van der Waals surface area contributed by atoms with Crippen molar-refractivity contribution in [3.63, 3.8) is 0 Å². The maximum Gasteiger partial charge on any atom is 0.243 e. The second kappa shape index (κ2) is 15.5. The Bertz CT molecular complexity index is 978. The molecule has 0 aliphatic carbocycles. The third-order valence-electron chi connectivity index (χ3n) is 6.16. The zero-order valence-electron chi connectivity index (χ0n) is 23.1. The number of rotatable bonds is 12. The summed E-state index contributed by atoms with van der Waals surface area (Å²) < 4.78 is 5.93. The lowest BCUT2D eigenvalue weighted by Crippen LogP contribution is -2.46. The van der Waals surface area contributed by atoms with Gasteiger partial charge in [0.15, 0.2) is 0 Å². The van der Waals surface area contributed by atoms with Gasteiger partial charge in [0.05, 0.1) is 22.2 Å². The molecule has 1 fully saturated rings. The molecule has 1 aliphatic heterocycles. The Morgan fingerprint density at radius 1 is 1.27 bits per heavy atom. The lowest BCUT2D eigenvalue weighted by molar-refractivity contribution is -0.140. The number of nitrogens with zero attached hydrogens (tertiary/aromatic N) is 2. The van der Waals surface area contributed by atoms with Crippen LogP contribution in [0.4, 0.5) is 0 Å². The fourth-order valence-corrected chi connectivity index (χ4v) is 5.61. The van der Waals surface area contributed by atoms with Crippen LogP contribution in [0.25, 0.3) is 10.4 Å². The number of unbranched alkanes of at least 4 members (excludes halogenated alkanes) is 1. The number of carbonyl (C=O) groups is 2. The highest BCUT2D eigenvalue weighted by atomic mass is 32.2. The molecule has 9 heteroatoms. The Kier molecular flexibility index (Phi) is 13.1. The highest BCUT2D eigenvalue weighted by molar-refractivity contribution is 7.94. The third-order valence-corrected chi connectivity index (χ3v) is 8.00. The number of carbonyl (C=O) groups excluding carboxylic acids is 2. The van der Waals surface area contributed by atoms with E-state index in [0.717, 1.165) is 40.3 Å². The monoisotopic (exact) mass is 549 g/mol. The standard InChI is InChI=1S/C26H37N3O4S2.C2H6/c1-5-6-11-35-33-21-12-22(29(15-21)23(31)13-26(3,4)16-30)25(32)27-14-19-7-9-20(10-8-19)24-18(2)28-17-34-24;1-2/h7-10,17,21-22,30H,5-6,11-16H2,1-4H3,(H,27,32);1-2H3/t21?,22-;/m0./s1. The quantitative estimate of drug-likeness (QED) is 0.264. The van der Waals surface area contributed by atoms with Gasteiger partial charge >= 0.3 is 0 Å². The second-order valence-electron chi connectivity index (χ2n) is 9.87. The molecule has 0 spiro atoms. The molecule has 1 saturated heterocycles. The van der Waals surface area contributed by atoms with Crippen LogP contribution in [0.15, 0.2) is 29.8 Å². The molecule has 2 aromatic rings. The highest BCUT2D eigenvalue weighted by Gasteiger charge is 2.41. The summed E-state index contributed by atoms with van der Waals surface area (Å²) in [5.74, 6) is 0.595. The minimum absolute atomic E-state index is 0.0900. The van der Waals surface area contributed by atoms with E-state index in [1.165, 1.54) is 12.0 Å². The van der Waals surface area contributed by atoms with Gasteiger partial charge in [-0.15, -0.1) is 11.3 Å². The number of amides is 2. The van der Waals surface area contributed by atoms with E-state index in [4.69, 9.17) is 4.18 Å². The molecule has 2 atom stereocenters. The van der Waals surface area contributed by atoms with Crippen LogP contribution in [0.1, 0.15) is 71.6 Å². The van der Waals surface area contributed by atoms with Crippen LogP contribution in [0.3, 0.4) is 0 Å². The van der Waals surface area contributed by atoms with Crippen molar-refractivity contribution in [2.24, 2.45) is 5.41 Å². The number of aliphatic hydroxyl groups excluding tert-OH is 1. The molecule has 1 aromatic carbocycles. The van der Waals surface area contributed by atoms with Gasteiger partial charge in [0, 0.05) is 38.3 Å². The number of thiazole rings is 1. The molecule has 1 aliphatic rings. The van der Waals surface area contributed by atoms with E-state index in [9.17, 15) is 14.7 Å². The van der Waals surface area contributed by atoms with Crippen LogP contribution in [0, 0.1) is 12.3 Å². The largest absolute Gasteiger partial charge is 0.396 e. The molecular formula is C28H43N3O4S2. The van der Waals surface area contributed by atoms with Crippen LogP contribution >= 0.6 is 23.4 Å². The lowest BCUT2D eigenvalue weighted by Gasteiger charge is -2.28. The van der Waals surface area contributed by atoms with Gasteiger partial charge < -0.3 is 19.5 Å². The van der Waals surface area contributed by atoms with Crippen molar-refractivity contribution >= 4 is 35.2 Å². The Balaban J connectivity index is 0.00000235. The van der Waals surface area contributed by atoms with Crippen molar-refractivity contribution in [3.05, 3.63) is 41.0 Å². The zero-order valence-corrected chi connectivity index (χ0v) is 24.7. The first-order valence-electron chi connectivity index (χ1n) is 13.2. The van der Waals surface area contributed by atoms with Gasteiger partial charge in [-0.2, -0.15) is 0 Å². The number of aliphatic hydroxyl groups is 1. The van der Waals surface area contributed by atoms with Crippen molar-refractivity contribution in [3.8, 4) is 10.4 Å². The summed E-state index contributed by atoms with van der Waals surface area (Å²) in [4.78, 5) is 33.3. The zero-order chi connectivity index (χ0) is 27.4. The van der Waals surface area contributed by atoms with Crippen molar-refractivity contribution in [2.45, 2.75) is 85.9 Å². The van der Waals surface area contributed by atoms with E-state index < -0.39 is 11.5 Å². The van der Waals surface area contributed by atoms with Crippen molar-refractivity contribution in [1.29, 1.82) is 0 Å². The fraction of sp³-hybridized carbons (Fsp3) is 0.607. The third kappa shape index (κ3) is 9.39. The minimum atomic E-state index is -0.576. The summed E-state index contributed by atoms with van der Waals surface area (Å²) in [6, 6.07) is 7.52. The molecule has 0 saturated carbocycles. The SMILES string of the molecule is CC.CCCCSOC1C[C@@H](C(=O)NCc2ccc(-c3scnc3C)cc2)N(C(=O)CC(C)(C)CO)C1. The molecule has 7 nitrogen and oxygen atoms in total. The molecule has 37 heavy (non-hydrogen) atoms. The summed E-state index contributed by atoms with van der Waals surface area (Å²) in [5, 5.41) is 12.6. The maximum absolute atomic E-state index is 13.2. The molecule has 3 rings (SSSR count). The van der Waals surface area contributed by atoms with E-state index >= 15 is 0 Å². The predicted molar refractivity (Wildman–Crippen MR) is 153 cm³/mol. The number of hydrogen-bond donors (Lipinski definition) is 2. The molecule has 1 unspecified atom stereocenters. The average molecular weight is 550 g/mol. The van der Waals surface area contributed by atoms with Gasteiger partial charge in [0.25, 0.3) is 0 Å². The van der Waals surface area contributed by atoms with E-state index in [1.807, 2.05) is 64.4 Å². The predicted octanol–water partition coefficient (Wildman–Crippen LogP) is 5.60. The van der Waals surface area contributed by atoms with Crippen molar-refractivity contribution in [2.75, 3.05) is 18.9 Å². The second-order valence-corrected chi connectivity index (χ2v) is 11.6. The van der Waals surface area contributed by atoms with E-state index in [2.05, 4.69) is 17.2 Å². The van der Waals surface area contributed by atoms with Gasteiger partial charge in [-0.1, -0.05) is 65.3 Å². The Labute approximate surface area is 230 Å². The average Bonchev–Trinajstić information content (AvgIpc) is 3.53. The number of likely N-dealkylation sites (tertiary alicyclic amines) is 1. The van der Waals surface area contributed by atoms with Crippen molar-refractivity contribution in [1.82, 2.24) is 15.2 Å². The Morgan fingerprint density at radius 3 is 2.57 bits per heavy atom. The smallest absolute Gasteiger partial charge is 0.243 e. The molecular weight excluding hydrogens is 506 g/mol. The summed E-state index contributed by atoms with van der Waals surface area (Å²) >= 11 is 3.03. The van der Waals surface area contributed by atoms with Gasteiger partial charge in [0.2, 0.25) is 11.8 Å². The first-order valence-corrected chi connectivity index (χ1v) is 15.0. The van der Waals surface area contributed by atoms with Gasteiger partial charge in [-0.3, -0.25) is 9.59 Å². The number of aromatic nitrogens is 1. The first kappa shape index (κ1) is 31.3. The van der Waals surface area contributed by atoms with Crippen LogP contribution in [-0.4, -0.2) is 57.9 Å². The first-order chi connectivity index (χ1) is 17.7. The van der Waals surface area contributed by atoms with Gasteiger partial charge in [-0.25, -0.2) is 4.98 Å². The fourth-order valence-electron chi connectivity index (χ4n) is 3.97. The highest BCUT2D eigenvalue weighted by Crippen LogP contribution is 2.29. The molecule has 2 amide bonds. The molecule has 2 N–H and O–H groups in total. The number of aryl methyl sites for hydroxylation is 1. The van der Waals surface area contributed by atoms with Crippen LogP contribution in [-0.2, 0) is 20.3 Å². The lowest BCUT2D eigenvalue weighted by atomic mass is 9.90. The van der Waals surface area contributed by atoms with E-state index in [-0.39, 0.29) is 30.9 Å². The molecule has 0 radical (unpaired) electrons. The Morgan fingerprint density at radius 2 is 1.97 bits per heavy atom. The van der Waals surface area contributed by atoms with Crippen LogP contribution in [0.5, 0.6) is 0 Å². The molecule has 1 aromatic heterocycles. The molecule has 206 valence electrons. The number of hydrogen-bond acceptors (Lipinski definition) is 7. The van der Waals surface area contributed by atoms with Gasteiger partial charge in [-0.05, 0) is 41.9 Å². The van der Waals surface area contributed by atoms with Crippen molar-refractivity contribution < 1.29 is 18.9 Å². The summed E-state index contributed by atoms with van der Waals surface area (Å²) in [5.41, 5.74) is 4.42. The van der Waals surface area contributed by atoms with Gasteiger partial charge in [0.1, 0.15) is 6.04 Å². The molecule has 0 bridgehead atoms. The van der Waals surface area contributed by atoms with Crippen LogP contribution < -0.4 is 5.32 Å². The summed E-state index contributed by atoms with van der Waals surface area (Å²) in [6.07, 6.45) is 2.63. The normalized spacial score (nSPS) is 17.3. The van der Waals surface area contributed by atoms with E-state index in [1.54, 1.807) is 16.2 Å². The van der Waals surface area contributed by atoms with E-state index in [0.29, 0.717) is 19.5 Å². The van der Waals surface area contributed by atoms with Crippen LogP contribution in [0.2, 0.25) is 0 Å². The summed E-state index contributed by atoms with van der Waals surface area (Å²) in [6.45, 7) is 12.5. The summed E-state index contributed by atoms with van der Waals surface area (Å²) in [7, 11) is 0. The maximum atomic E-state index is 13.2. The number of benzene rings is 1. The minimum Gasteiger partial charge on any atom is -0.396 e. The number of nitrogens with one attached hydrogen (secondary N) is 1. The molecule has 2 heterocycles. The Hall–Kier alpha value is -1.94. The topological polar surface area (TPSA) is 91.8 Å².